The predicted molar refractivity (Wildman–Crippen MR) is 132 cm³/mol. The molecule has 0 aliphatic carbocycles. The van der Waals surface area contributed by atoms with E-state index in [4.69, 9.17) is 9.47 Å². The Balaban J connectivity index is 1.89. The highest BCUT2D eigenvalue weighted by Crippen LogP contribution is 2.34. The Morgan fingerprint density at radius 3 is 2.26 bits per heavy atom. The third-order valence-corrected chi connectivity index (χ3v) is 6.42. The quantitative estimate of drug-likeness (QED) is 0.307. The molecule has 3 aromatic rings. The molecule has 13 heteroatoms. The number of anilines is 1. The van der Waals surface area contributed by atoms with Crippen molar-refractivity contribution in [3.05, 3.63) is 71.2 Å². The zero-order valence-corrected chi connectivity index (χ0v) is 21.6. The van der Waals surface area contributed by atoms with Gasteiger partial charge >= 0.3 is 6.18 Å². The van der Waals surface area contributed by atoms with Crippen molar-refractivity contribution in [2.24, 2.45) is 0 Å². The fourth-order valence-corrected chi connectivity index (χ4v) is 3.91. The number of ether oxygens (including phenoxy) is 2. The number of amides is 1. The topological polar surface area (TPSA) is 104 Å². The first-order chi connectivity index (χ1) is 17.8. The summed E-state index contributed by atoms with van der Waals surface area (Å²) in [4.78, 5) is 16.7. The fraction of sp³-hybridized carbons (Fsp3) is 0.280. The Morgan fingerprint density at radius 2 is 1.74 bits per heavy atom. The summed E-state index contributed by atoms with van der Waals surface area (Å²) >= 11 is -2.68. The van der Waals surface area contributed by atoms with Crippen molar-refractivity contribution in [3.63, 3.8) is 0 Å². The number of aromatic nitrogens is 1. The van der Waals surface area contributed by atoms with Crippen molar-refractivity contribution >= 4 is 22.9 Å². The molecule has 0 saturated heterocycles. The molecule has 0 radical (unpaired) electrons. The number of nitrogens with zero attached hydrogens (tertiary/aromatic N) is 2. The van der Waals surface area contributed by atoms with Crippen LogP contribution in [-0.2, 0) is 28.8 Å². The number of alkyl halides is 3. The molecule has 1 aromatic heterocycles. The summed E-state index contributed by atoms with van der Waals surface area (Å²) < 4.78 is 88.0. The SMILES string of the molecule is COc1cc(OC)cc(-c2nc(C(F)(F)F)ccc2CNC(=O)C(C)c2ccc(N(C)S(=O)[O-])c(F)c2)c1. The Labute approximate surface area is 219 Å². The molecule has 0 fully saturated rings. The van der Waals surface area contributed by atoms with Crippen LogP contribution in [0.1, 0.15) is 29.7 Å². The molecule has 38 heavy (non-hydrogen) atoms. The largest absolute Gasteiger partial charge is 0.755 e. The summed E-state index contributed by atoms with van der Waals surface area (Å²) in [7, 11) is 3.97. The fourth-order valence-electron chi connectivity index (χ4n) is 3.60. The molecule has 204 valence electrons. The number of nitrogens with one attached hydrogen (secondary N) is 1. The molecule has 1 amide bonds. The van der Waals surface area contributed by atoms with Gasteiger partial charge < -0.3 is 23.6 Å². The number of halogens is 4. The maximum atomic E-state index is 14.5. The average molecular weight is 555 g/mol. The van der Waals surface area contributed by atoms with Crippen molar-refractivity contribution in [1.29, 1.82) is 0 Å². The Hall–Kier alpha value is -3.71. The highest BCUT2D eigenvalue weighted by molar-refractivity contribution is 7.80. The second kappa shape index (κ2) is 11.8. The van der Waals surface area contributed by atoms with Crippen LogP contribution in [0.15, 0.2) is 48.5 Å². The summed E-state index contributed by atoms with van der Waals surface area (Å²) in [6.45, 7) is 1.33. The molecule has 0 aliphatic rings. The summed E-state index contributed by atoms with van der Waals surface area (Å²) in [5.41, 5.74) is -0.496. The Bertz CT molecular complexity index is 1330. The van der Waals surface area contributed by atoms with E-state index in [1.54, 1.807) is 6.07 Å². The van der Waals surface area contributed by atoms with Crippen molar-refractivity contribution < 1.29 is 40.6 Å². The lowest BCUT2D eigenvalue weighted by molar-refractivity contribution is -0.141. The van der Waals surface area contributed by atoms with E-state index in [0.29, 0.717) is 15.8 Å². The van der Waals surface area contributed by atoms with Crippen LogP contribution >= 0.6 is 0 Å². The third-order valence-electron chi connectivity index (χ3n) is 5.78. The monoisotopic (exact) mass is 554 g/mol. The summed E-state index contributed by atoms with van der Waals surface area (Å²) in [6, 6.07) is 10.3. The summed E-state index contributed by atoms with van der Waals surface area (Å²) in [6.07, 6.45) is -4.70. The maximum absolute atomic E-state index is 14.5. The molecule has 1 N–H and O–H groups in total. The predicted octanol–water partition coefficient (Wildman–Crippen LogP) is 4.57. The molecule has 8 nitrogen and oxygen atoms in total. The van der Waals surface area contributed by atoms with Crippen molar-refractivity contribution in [2.45, 2.75) is 25.6 Å². The van der Waals surface area contributed by atoms with Gasteiger partial charge in [0.1, 0.15) is 23.0 Å². The van der Waals surface area contributed by atoms with Gasteiger partial charge in [-0.3, -0.25) is 9.00 Å². The normalized spacial score (nSPS) is 13.0. The van der Waals surface area contributed by atoms with E-state index in [1.807, 2.05) is 0 Å². The minimum atomic E-state index is -4.70. The summed E-state index contributed by atoms with van der Waals surface area (Å²) in [5, 5.41) is 2.64. The van der Waals surface area contributed by atoms with Gasteiger partial charge in [-0.25, -0.2) is 9.37 Å². The number of carbonyl (C=O) groups excluding carboxylic acids is 1. The molecule has 2 aromatic carbocycles. The number of carbonyl (C=O) groups is 1. The standard InChI is InChI=1S/C25H25F4N3O5S/c1-14(15-5-7-21(20(26)11-15)32(2)38(34)35)24(33)30-13-16-6-8-22(25(27,28)29)31-23(16)17-9-18(36-3)12-19(10-17)37-4/h5-12,14H,13H2,1-4H3,(H,30,33)(H,34,35)/p-1. The lowest BCUT2D eigenvalue weighted by Crippen LogP contribution is -2.28. The van der Waals surface area contributed by atoms with E-state index < -0.39 is 40.8 Å². The Morgan fingerprint density at radius 1 is 1.11 bits per heavy atom. The average Bonchev–Trinajstić information content (AvgIpc) is 2.89. The molecule has 2 unspecified atom stereocenters. The van der Waals surface area contributed by atoms with E-state index in [0.717, 1.165) is 12.1 Å². The molecule has 0 spiro atoms. The smallest absolute Gasteiger partial charge is 0.433 e. The minimum Gasteiger partial charge on any atom is -0.755 e. The first-order valence-electron chi connectivity index (χ1n) is 11.1. The van der Waals surface area contributed by atoms with Gasteiger partial charge in [-0.15, -0.1) is 0 Å². The Kier molecular flexibility index (Phi) is 8.94. The zero-order valence-electron chi connectivity index (χ0n) is 20.8. The van der Waals surface area contributed by atoms with E-state index in [-0.39, 0.29) is 34.6 Å². The molecular formula is C25H24F4N3O5S-. The van der Waals surface area contributed by atoms with Gasteiger partial charge in [0.15, 0.2) is 0 Å². The molecule has 0 bridgehead atoms. The van der Waals surface area contributed by atoms with Crippen molar-refractivity contribution in [1.82, 2.24) is 10.3 Å². The molecule has 2 atom stereocenters. The van der Waals surface area contributed by atoms with Gasteiger partial charge in [-0.1, -0.05) is 12.1 Å². The first kappa shape index (κ1) is 28.9. The van der Waals surface area contributed by atoms with Crippen LogP contribution in [0.25, 0.3) is 11.3 Å². The highest BCUT2D eigenvalue weighted by atomic mass is 32.2. The number of pyridine rings is 1. The lowest BCUT2D eigenvalue weighted by Gasteiger charge is -2.22. The molecule has 0 aliphatic heterocycles. The lowest BCUT2D eigenvalue weighted by atomic mass is 9.99. The number of benzene rings is 2. The van der Waals surface area contributed by atoms with E-state index in [1.165, 1.54) is 58.5 Å². The number of hydrogen-bond donors (Lipinski definition) is 1. The van der Waals surface area contributed by atoms with Gasteiger partial charge in [-0.05, 0) is 48.4 Å². The highest BCUT2D eigenvalue weighted by Gasteiger charge is 2.33. The second-order valence-electron chi connectivity index (χ2n) is 8.17. The van der Waals surface area contributed by atoms with Crippen LogP contribution in [0.3, 0.4) is 0 Å². The van der Waals surface area contributed by atoms with Crippen LogP contribution in [0, 0.1) is 5.82 Å². The number of hydrogen-bond acceptors (Lipinski definition) is 6. The molecular weight excluding hydrogens is 530 g/mol. The van der Waals surface area contributed by atoms with E-state index >= 15 is 0 Å². The van der Waals surface area contributed by atoms with E-state index in [9.17, 15) is 31.1 Å². The zero-order chi connectivity index (χ0) is 28.2. The molecule has 1 heterocycles. The van der Waals surface area contributed by atoms with Gasteiger partial charge in [0.05, 0.1) is 31.5 Å². The van der Waals surface area contributed by atoms with Crippen molar-refractivity contribution in [2.75, 3.05) is 25.6 Å². The minimum absolute atomic E-state index is 0.0333. The van der Waals surface area contributed by atoms with Gasteiger partial charge in [-0.2, -0.15) is 13.2 Å². The summed E-state index contributed by atoms with van der Waals surface area (Å²) in [5.74, 6) is -1.57. The molecule has 3 rings (SSSR count). The van der Waals surface area contributed by atoms with Crippen molar-refractivity contribution in [3.8, 4) is 22.8 Å². The third kappa shape index (κ3) is 6.58. The van der Waals surface area contributed by atoms with Crippen LogP contribution in [-0.4, -0.2) is 40.9 Å². The number of methoxy groups -OCH3 is 2. The number of rotatable bonds is 9. The van der Waals surface area contributed by atoms with Crippen LogP contribution < -0.4 is 19.1 Å². The van der Waals surface area contributed by atoms with Gasteiger partial charge in [0.2, 0.25) is 5.91 Å². The first-order valence-corrected chi connectivity index (χ1v) is 12.1. The van der Waals surface area contributed by atoms with E-state index in [2.05, 4.69) is 10.3 Å². The van der Waals surface area contributed by atoms with Gasteiger partial charge in [0.25, 0.3) is 0 Å². The van der Waals surface area contributed by atoms with Gasteiger partial charge in [0, 0.05) is 36.5 Å². The van der Waals surface area contributed by atoms with Crippen LogP contribution in [0.4, 0.5) is 23.2 Å². The van der Waals surface area contributed by atoms with Crippen LogP contribution in [0.2, 0.25) is 0 Å². The molecule has 0 saturated carbocycles. The maximum Gasteiger partial charge on any atom is 0.433 e. The second-order valence-corrected chi connectivity index (χ2v) is 9.15. The van der Waals surface area contributed by atoms with Crippen LogP contribution in [0.5, 0.6) is 11.5 Å².